The molecule has 1 saturated heterocycles. The molecule has 0 spiro atoms. The van der Waals surface area contributed by atoms with Crippen LogP contribution in [0.3, 0.4) is 0 Å². The Morgan fingerprint density at radius 1 is 1.07 bits per heavy atom. The number of carbonyl (C=O) groups is 2. The van der Waals surface area contributed by atoms with E-state index in [2.05, 4.69) is 10.6 Å². The monoisotopic (exact) mass is 379 g/mol. The van der Waals surface area contributed by atoms with E-state index in [1.807, 2.05) is 69.3 Å². The number of nitrogens with one attached hydrogen (secondary N) is 2. The molecule has 28 heavy (non-hydrogen) atoms. The van der Waals surface area contributed by atoms with Crippen LogP contribution in [0.1, 0.15) is 36.5 Å². The van der Waals surface area contributed by atoms with E-state index in [4.69, 9.17) is 0 Å². The second-order valence-corrected chi connectivity index (χ2v) is 8.05. The van der Waals surface area contributed by atoms with Crippen LogP contribution in [-0.2, 0) is 11.3 Å². The Morgan fingerprint density at radius 2 is 1.82 bits per heavy atom. The lowest BCUT2D eigenvalue weighted by molar-refractivity contribution is -0.132. The van der Waals surface area contributed by atoms with E-state index in [0.29, 0.717) is 19.6 Å². The number of anilines is 1. The third-order valence-corrected chi connectivity index (χ3v) is 5.37. The third kappa shape index (κ3) is 4.91. The summed E-state index contributed by atoms with van der Waals surface area (Å²) in [4.78, 5) is 27.3. The van der Waals surface area contributed by atoms with Crippen molar-refractivity contribution >= 4 is 17.6 Å². The molecule has 148 valence electrons. The lowest BCUT2D eigenvalue weighted by Crippen LogP contribution is -2.52. The van der Waals surface area contributed by atoms with Crippen molar-refractivity contribution in [3.63, 3.8) is 0 Å². The van der Waals surface area contributed by atoms with Crippen molar-refractivity contribution in [2.24, 2.45) is 5.41 Å². The van der Waals surface area contributed by atoms with E-state index in [-0.39, 0.29) is 11.9 Å². The SMILES string of the molecule is Cc1ccc(CNC(=O)C2(C)CCCN(C(=O)Nc3cccc(C)c3)C2)cc1. The normalized spacial score (nSPS) is 19.2. The van der Waals surface area contributed by atoms with Crippen LogP contribution in [0.25, 0.3) is 0 Å². The van der Waals surface area contributed by atoms with Crippen molar-refractivity contribution in [2.75, 3.05) is 18.4 Å². The second-order valence-electron chi connectivity index (χ2n) is 8.05. The highest BCUT2D eigenvalue weighted by Crippen LogP contribution is 2.30. The molecule has 2 aromatic rings. The lowest BCUT2D eigenvalue weighted by Gasteiger charge is -2.39. The van der Waals surface area contributed by atoms with E-state index < -0.39 is 5.41 Å². The summed E-state index contributed by atoms with van der Waals surface area (Å²) in [6.45, 7) is 7.57. The molecule has 0 bridgehead atoms. The fourth-order valence-electron chi connectivity index (χ4n) is 3.63. The van der Waals surface area contributed by atoms with Crippen LogP contribution >= 0.6 is 0 Å². The van der Waals surface area contributed by atoms with E-state index in [1.54, 1.807) is 4.90 Å². The van der Waals surface area contributed by atoms with E-state index in [9.17, 15) is 9.59 Å². The molecule has 0 aliphatic carbocycles. The van der Waals surface area contributed by atoms with Gasteiger partial charge in [0, 0.05) is 25.3 Å². The molecular weight excluding hydrogens is 350 g/mol. The van der Waals surface area contributed by atoms with Gasteiger partial charge in [-0.3, -0.25) is 4.79 Å². The number of amides is 3. The number of urea groups is 1. The van der Waals surface area contributed by atoms with Crippen molar-refractivity contribution in [1.82, 2.24) is 10.2 Å². The van der Waals surface area contributed by atoms with Gasteiger partial charge in [-0.05, 0) is 56.9 Å². The van der Waals surface area contributed by atoms with Crippen LogP contribution in [0.5, 0.6) is 0 Å². The van der Waals surface area contributed by atoms with Crippen molar-refractivity contribution in [2.45, 2.75) is 40.2 Å². The molecule has 2 aromatic carbocycles. The highest BCUT2D eigenvalue weighted by Gasteiger charge is 2.39. The number of benzene rings is 2. The third-order valence-electron chi connectivity index (χ3n) is 5.37. The van der Waals surface area contributed by atoms with Crippen molar-refractivity contribution in [3.05, 3.63) is 65.2 Å². The molecule has 1 heterocycles. The van der Waals surface area contributed by atoms with Crippen molar-refractivity contribution in [1.29, 1.82) is 0 Å². The predicted molar refractivity (Wildman–Crippen MR) is 112 cm³/mol. The maximum Gasteiger partial charge on any atom is 0.321 e. The summed E-state index contributed by atoms with van der Waals surface area (Å²) >= 11 is 0. The Hall–Kier alpha value is -2.82. The molecule has 1 unspecified atom stereocenters. The minimum atomic E-state index is -0.576. The Bertz CT molecular complexity index is 847. The van der Waals surface area contributed by atoms with Gasteiger partial charge < -0.3 is 15.5 Å². The van der Waals surface area contributed by atoms with Crippen LogP contribution in [0.4, 0.5) is 10.5 Å². The summed E-state index contributed by atoms with van der Waals surface area (Å²) < 4.78 is 0. The van der Waals surface area contributed by atoms with E-state index in [1.165, 1.54) is 5.56 Å². The average molecular weight is 380 g/mol. The van der Waals surface area contributed by atoms with E-state index in [0.717, 1.165) is 29.7 Å². The number of aryl methyl sites for hydroxylation is 2. The van der Waals surface area contributed by atoms with Gasteiger partial charge in [0.25, 0.3) is 0 Å². The van der Waals surface area contributed by atoms with Gasteiger partial charge in [-0.25, -0.2) is 4.79 Å². The molecule has 5 nitrogen and oxygen atoms in total. The van der Waals surface area contributed by atoms with Gasteiger partial charge in [0.1, 0.15) is 0 Å². The first kappa shape index (κ1) is 19.9. The summed E-state index contributed by atoms with van der Waals surface area (Å²) in [6.07, 6.45) is 1.59. The molecule has 1 fully saturated rings. The number of hydrogen-bond donors (Lipinski definition) is 2. The van der Waals surface area contributed by atoms with Gasteiger partial charge in [-0.1, -0.05) is 42.0 Å². The fourth-order valence-corrected chi connectivity index (χ4v) is 3.63. The largest absolute Gasteiger partial charge is 0.351 e. The molecule has 1 aliphatic rings. The molecule has 0 radical (unpaired) electrons. The topological polar surface area (TPSA) is 61.4 Å². The first-order chi connectivity index (χ1) is 13.4. The molecule has 5 heteroatoms. The zero-order chi connectivity index (χ0) is 20.1. The van der Waals surface area contributed by atoms with Crippen LogP contribution in [-0.4, -0.2) is 29.9 Å². The molecule has 1 atom stereocenters. The minimum Gasteiger partial charge on any atom is -0.351 e. The number of rotatable bonds is 4. The van der Waals surface area contributed by atoms with Crippen LogP contribution in [0, 0.1) is 19.3 Å². The summed E-state index contributed by atoms with van der Waals surface area (Å²) in [5.41, 5.74) is 3.57. The first-order valence-electron chi connectivity index (χ1n) is 9.82. The standard InChI is InChI=1S/C23H29N3O2/c1-17-8-10-19(11-9-17)15-24-21(27)23(3)12-5-13-26(16-23)22(28)25-20-7-4-6-18(2)14-20/h4,6-11,14H,5,12-13,15-16H2,1-3H3,(H,24,27)(H,25,28). The van der Waals surface area contributed by atoms with Gasteiger partial charge in [-0.15, -0.1) is 0 Å². The average Bonchev–Trinajstić information content (AvgIpc) is 2.67. The highest BCUT2D eigenvalue weighted by molar-refractivity contribution is 5.90. The lowest BCUT2D eigenvalue weighted by atomic mass is 9.81. The zero-order valence-electron chi connectivity index (χ0n) is 16.9. The smallest absolute Gasteiger partial charge is 0.321 e. The Kier molecular flexibility index (Phi) is 6.02. The number of carbonyl (C=O) groups excluding carboxylic acids is 2. The van der Waals surface area contributed by atoms with Crippen molar-refractivity contribution < 1.29 is 9.59 Å². The summed E-state index contributed by atoms with van der Waals surface area (Å²) in [5, 5.41) is 6.00. The minimum absolute atomic E-state index is 0.00105. The number of likely N-dealkylation sites (tertiary alicyclic amines) is 1. The Balaban J connectivity index is 1.59. The van der Waals surface area contributed by atoms with Crippen LogP contribution in [0.2, 0.25) is 0 Å². The van der Waals surface area contributed by atoms with Crippen molar-refractivity contribution in [3.8, 4) is 0 Å². The number of piperidine rings is 1. The first-order valence-corrected chi connectivity index (χ1v) is 9.82. The molecule has 1 aliphatic heterocycles. The number of hydrogen-bond acceptors (Lipinski definition) is 2. The summed E-state index contributed by atoms with van der Waals surface area (Å²) in [7, 11) is 0. The fraction of sp³-hybridized carbons (Fsp3) is 0.391. The quantitative estimate of drug-likeness (QED) is 0.834. The Labute approximate surface area is 167 Å². The number of nitrogens with zero attached hydrogens (tertiary/aromatic N) is 1. The van der Waals surface area contributed by atoms with Gasteiger partial charge in [0.2, 0.25) is 5.91 Å². The maximum atomic E-state index is 12.9. The van der Waals surface area contributed by atoms with Crippen LogP contribution in [0.15, 0.2) is 48.5 Å². The van der Waals surface area contributed by atoms with Crippen LogP contribution < -0.4 is 10.6 Å². The second kappa shape index (κ2) is 8.46. The molecule has 0 aromatic heterocycles. The van der Waals surface area contributed by atoms with E-state index >= 15 is 0 Å². The Morgan fingerprint density at radius 3 is 2.54 bits per heavy atom. The summed E-state index contributed by atoms with van der Waals surface area (Å²) in [5.74, 6) is 0.00105. The molecule has 3 amide bonds. The zero-order valence-corrected chi connectivity index (χ0v) is 16.9. The van der Waals surface area contributed by atoms with Gasteiger partial charge >= 0.3 is 6.03 Å². The maximum absolute atomic E-state index is 12.9. The van der Waals surface area contributed by atoms with Gasteiger partial charge in [0.05, 0.1) is 5.41 Å². The predicted octanol–water partition coefficient (Wildman–Crippen LogP) is 4.25. The molecule has 3 rings (SSSR count). The van der Waals surface area contributed by atoms with Gasteiger partial charge in [-0.2, -0.15) is 0 Å². The highest BCUT2D eigenvalue weighted by atomic mass is 16.2. The van der Waals surface area contributed by atoms with Gasteiger partial charge in [0.15, 0.2) is 0 Å². The molecule has 0 saturated carbocycles. The molecule has 2 N–H and O–H groups in total. The summed E-state index contributed by atoms with van der Waals surface area (Å²) in [6, 6.07) is 15.7. The molecular formula is C23H29N3O2.